The second-order valence-corrected chi connectivity index (χ2v) is 4.89. The van der Waals surface area contributed by atoms with Crippen molar-refractivity contribution in [1.82, 2.24) is 9.88 Å². The van der Waals surface area contributed by atoms with Crippen LogP contribution < -0.4 is 5.32 Å². The fraction of sp³-hybridized carbons (Fsp3) is 0.571. The molecule has 1 aliphatic heterocycles. The summed E-state index contributed by atoms with van der Waals surface area (Å²) in [4.78, 5) is 18.3. The van der Waals surface area contributed by atoms with Crippen LogP contribution in [0.5, 0.6) is 0 Å². The van der Waals surface area contributed by atoms with Gasteiger partial charge in [0.15, 0.2) is 0 Å². The molecule has 2 rings (SSSR count). The highest BCUT2D eigenvalue weighted by Crippen LogP contribution is 2.19. The van der Waals surface area contributed by atoms with E-state index in [1.165, 1.54) is 0 Å². The van der Waals surface area contributed by atoms with Crippen molar-refractivity contribution in [2.75, 3.05) is 18.4 Å². The number of hydrogen-bond donors (Lipinski definition) is 1. The first-order valence-corrected chi connectivity index (χ1v) is 6.68. The van der Waals surface area contributed by atoms with Gasteiger partial charge in [-0.2, -0.15) is 0 Å². The van der Waals surface area contributed by atoms with E-state index in [1.807, 2.05) is 37.1 Å². The Kier molecular flexibility index (Phi) is 4.18. The van der Waals surface area contributed by atoms with E-state index in [2.05, 4.69) is 10.3 Å². The number of carbonyl (C=O) groups is 1. The number of rotatable bonds is 4. The normalized spacial score (nSPS) is 20.0. The summed E-state index contributed by atoms with van der Waals surface area (Å²) in [5, 5.41) is 3.16. The Balaban J connectivity index is 1.98. The first-order chi connectivity index (χ1) is 8.70. The molecular weight excluding hydrogens is 226 g/mol. The van der Waals surface area contributed by atoms with Crippen LogP contribution in [0.25, 0.3) is 0 Å². The van der Waals surface area contributed by atoms with Crippen LogP contribution in [0.1, 0.15) is 32.3 Å². The van der Waals surface area contributed by atoms with Crippen LogP contribution in [0.2, 0.25) is 0 Å². The number of nitrogens with one attached hydrogen (secondary N) is 1. The number of piperidine rings is 1. The number of nitrogens with zero attached hydrogens (tertiary/aromatic N) is 2. The first-order valence-electron chi connectivity index (χ1n) is 6.68. The summed E-state index contributed by atoms with van der Waals surface area (Å²) in [6.07, 6.45) is 3.98. The molecule has 2 heterocycles. The van der Waals surface area contributed by atoms with Gasteiger partial charge in [-0.1, -0.05) is 13.0 Å². The molecule has 18 heavy (non-hydrogen) atoms. The van der Waals surface area contributed by atoms with Gasteiger partial charge >= 0.3 is 0 Å². The molecule has 1 aromatic rings. The topological polar surface area (TPSA) is 45.2 Å². The van der Waals surface area contributed by atoms with Crippen molar-refractivity contribution in [2.24, 2.45) is 5.92 Å². The predicted molar refractivity (Wildman–Crippen MR) is 72.2 cm³/mol. The van der Waals surface area contributed by atoms with Gasteiger partial charge < -0.3 is 10.2 Å². The van der Waals surface area contributed by atoms with Gasteiger partial charge in [0.05, 0.1) is 0 Å². The third-order valence-electron chi connectivity index (χ3n) is 3.35. The van der Waals surface area contributed by atoms with Crippen LogP contribution >= 0.6 is 0 Å². The van der Waals surface area contributed by atoms with Crippen molar-refractivity contribution in [3.63, 3.8) is 0 Å². The molecule has 4 heteroatoms. The van der Waals surface area contributed by atoms with Gasteiger partial charge in [0.2, 0.25) is 5.91 Å². The Morgan fingerprint density at radius 1 is 1.50 bits per heavy atom. The van der Waals surface area contributed by atoms with Crippen LogP contribution in [0.3, 0.4) is 0 Å². The molecule has 1 saturated heterocycles. The van der Waals surface area contributed by atoms with E-state index in [-0.39, 0.29) is 11.8 Å². The molecule has 0 saturated carbocycles. The maximum Gasteiger partial charge on any atom is 0.225 e. The summed E-state index contributed by atoms with van der Waals surface area (Å²) < 4.78 is 0. The minimum absolute atomic E-state index is 0.174. The van der Waals surface area contributed by atoms with Gasteiger partial charge in [0.25, 0.3) is 0 Å². The highest BCUT2D eigenvalue weighted by Gasteiger charge is 2.24. The predicted octanol–water partition coefficient (Wildman–Crippen LogP) is 2.27. The molecule has 1 fully saturated rings. The van der Waals surface area contributed by atoms with Crippen molar-refractivity contribution in [3.05, 3.63) is 23.9 Å². The lowest BCUT2D eigenvalue weighted by atomic mass is 9.99. The fourth-order valence-corrected chi connectivity index (χ4v) is 2.31. The van der Waals surface area contributed by atoms with E-state index in [0.717, 1.165) is 37.3 Å². The Morgan fingerprint density at radius 2 is 2.33 bits per heavy atom. The standard InChI is InChI=1S/C14H21N3O/c1-3-15-13-7-6-12(9-16-13)10-17-8-4-5-11(2)14(17)18/h6-7,9,11H,3-5,8,10H2,1-2H3,(H,15,16). The number of aromatic nitrogens is 1. The summed E-state index contributed by atoms with van der Waals surface area (Å²) in [6.45, 7) is 6.49. The molecule has 0 radical (unpaired) electrons. The van der Waals surface area contributed by atoms with Crippen LogP contribution in [-0.2, 0) is 11.3 Å². The zero-order valence-corrected chi connectivity index (χ0v) is 11.1. The van der Waals surface area contributed by atoms with Crippen LogP contribution in [0, 0.1) is 5.92 Å². The van der Waals surface area contributed by atoms with Crippen molar-refractivity contribution >= 4 is 11.7 Å². The third kappa shape index (κ3) is 3.00. The fourth-order valence-electron chi connectivity index (χ4n) is 2.31. The molecule has 1 aliphatic rings. The average Bonchev–Trinajstić information content (AvgIpc) is 2.38. The lowest BCUT2D eigenvalue weighted by Crippen LogP contribution is -2.39. The van der Waals surface area contributed by atoms with Crippen molar-refractivity contribution in [2.45, 2.75) is 33.2 Å². The highest BCUT2D eigenvalue weighted by molar-refractivity contribution is 5.79. The lowest BCUT2D eigenvalue weighted by molar-refractivity contribution is -0.138. The second kappa shape index (κ2) is 5.85. The third-order valence-corrected chi connectivity index (χ3v) is 3.35. The smallest absolute Gasteiger partial charge is 0.225 e. The summed E-state index contributed by atoms with van der Waals surface area (Å²) in [7, 11) is 0. The molecule has 1 aromatic heterocycles. The van der Waals surface area contributed by atoms with Gasteiger partial charge in [0.1, 0.15) is 5.82 Å². The molecule has 1 atom stereocenters. The lowest BCUT2D eigenvalue weighted by Gasteiger charge is -2.30. The molecule has 1 unspecified atom stereocenters. The van der Waals surface area contributed by atoms with Crippen molar-refractivity contribution in [1.29, 1.82) is 0 Å². The Morgan fingerprint density at radius 3 is 3.00 bits per heavy atom. The Bertz CT molecular complexity index is 402. The molecule has 4 nitrogen and oxygen atoms in total. The number of pyridine rings is 1. The van der Waals surface area contributed by atoms with E-state index in [4.69, 9.17) is 0 Å². The zero-order valence-electron chi connectivity index (χ0n) is 11.1. The molecule has 0 aliphatic carbocycles. The van der Waals surface area contributed by atoms with E-state index in [0.29, 0.717) is 6.54 Å². The number of hydrogen-bond acceptors (Lipinski definition) is 3. The molecule has 0 aromatic carbocycles. The van der Waals surface area contributed by atoms with Gasteiger partial charge in [-0.05, 0) is 31.4 Å². The maximum absolute atomic E-state index is 12.0. The highest BCUT2D eigenvalue weighted by atomic mass is 16.2. The Labute approximate surface area is 108 Å². The van der Waals surface area contributed by atoms with Crippen LogP contribution in [-0.4, -0.2) is 28.9 Å². The van der Waals surface area contributed by atoms with E-state index in [9.17, 15) is 4.79 Å². The number of likely N-dealkylation sites (tertiary alicyclic amines) is 1. The number of amides is 1. The molecule has 1 N–H and O–H groups in total. The summed E-state index contributed by atoms with van der Waals surface area (Å²) in [6, 6.07) is 4.01. The van der Waals surface area contributed by atoms with Crippen molar-refractivity contribution in [3.8, 4) is 0 Å². The van der Waals surface area contributed by atoms with E-state index in [1.54, 1.807) is 0 Å². The number of anilines is 1. The summed E-state index contributed by atoms with van der Waals surface area (Å²) in [5.74, 6) is 1.34. The Hall–Kier alpha value is -1.58. The quantitative estimate of drug-likeness (QED) is 0.887. The SMILES string of the molecule is CCNc1ccc(CN2CCCC(C)C2=O)cn1. The largest absolute Gasteiger partial charge is 0.370 e. The van der Waals surface area contributed by atoms with E-state index >= 15 is 0 Å². The molecular formula is C14H21N3O. The molecule has 98 valence electrons. The molecule has 1 amide bonds. The average molecular weight is 247 g/mol. The van der Waals surface area contributed by atoms with Gasteiger partial charge in [-0.25, -0.2) is 4.98 Å². The molecule has 0 bridgehead atoms. The van der Waals surface area contributed by atoms with E-state index < -0.39 is 0 Å². The summed E-state index contributed by atoms with van der Waals surface area (Å²) in [5.41, 5.74) is 1.10. The maximum atomic E-state index is 12.0. The van der Waals surface area contributed by atoms with Gasteiger partial charge in [-0.3, -0.25) is 4.79 Å². The minimum atomic E-state index is 0.174. The zero-order chi connectivity index (χ0) is 13.0. The van der Waals surface area contributed by atoms with Crippen LogP contribution in [0.15, 0.2) is 18.3 Å². The minimum Gasteiger partial charge on any atom is -0.370 e. The van der Waals surface area contributed by atoms with Gasteiger partial charge in [-0.15, -0.1) is 0 Å². The summed E-state index contributed by atoms with van der Waals surface area (Å²) >= 11 is 0. The monoisotopic (exact) mass is 247 g/mol. The van der Waals surface area contributed by atoms with Crippen LogP contribution in [0.4, 0.5) is 5.82 Å². The number of carbonyl (C=O) groups excluding carboxylic acids is 1. The first kappa shape index (κ1) is 12.9. The van der Waals surface area contributed by atoms with Gasteiger partial charge in [0, 0.05) is 31.7 Å². The second-order valence-electron chi connectivity index (χ2n) is 4.89. The van der Waals surface area contributed by atoms with Crippen molar-refractivity contribution < 1.29 is 4.79 Å². The molecule has 0 spiro atoms.